The number of hydrogen-bond acceptors (Lipinski definition) is 11. The van der Waals surface area contributed by atoms with Crippen molar-refractivity contribution in [2.24, 2.45) is 56.7 Å². The quantitative estimate of drug-likeness (QED) is 0.153. The Morgan fingerprint density at radius 3 is 1.95 bits per heavy atom. The van der Waals surface area contributed by atoms with Gasteiger partial charge in [0.25, 0.3) is 0 Å². The second-order valence-corrected chi connectivity index (χ2v) is 20.0. The first-order valence-electron chi connectivity index (χ1n) is 21.3. The summed E-state index contributed by atoms with van der Waals surface area (Å²) in [6.07, 6.45) is 4.35. The van der Waals surface area contributed by atoms with E-state index in [1.54, 1.807) is 0 Å². The van der Waals surface area contributed by atoms with E-state index in [2.05, 4.69) is 54.5 Å². The van der Waals surface area contributed by atoms with Crippen LogP contribution in [-0.4, -0.2) is 78.0 Å². The summed E-state index contributed by atoms with van der Waals surface area (Å²) in [6, 6.07) is 0. The molecule has 5 unspecified atom stereocenters. The summed E-state index contributed by atoms with van der Waals surface area (Å²) in [4.78, 5) is 64.8. The van der Waals surface area contributed by atoms with Gasteiger partial charge in [-0.15, -0.1) is 0 Å². The highest BCUT2D eigenvalue weighted by Gasteiger charge is 2.69. The average Bonchev–Trinajstić information content (AvgIpc) is 3.09. The molecule has 5 fully saturated rings. The number of aliphatic hydroxyl groups excluding tert-OH is 1. The van der Waals surface area contributed by atoms with Crippen LogP contribution in [0.25, 0.3) is 0 Å². The van der Waals surface area contributed by atoms with Gasteiger partial charge in [-0.3, -0.25) is 24.0 Å². The van der Waals surface area contributed by atoms with Crippen molar-refractivity contribution in [2.75, 3.05) is 6.61 Å². The van der Waals surface area contributed by atoms with Crippen LogP contribution in [-0.2, 0) is 47.7 Å². The number of ether oxygens (including phenoxy) is 5. The maximum atomic E-state index is 15.4. The van der Waals surface area contributed by atoms with E-state index in [0.717, 1.165) is 57.8 Å². The Kier molecular flexibility index (Phi) is 11.5. The normalized spacial score (nSPS) is 45.3. The Balaban J connectivity index is 1.38. The van der Waals surface area contributed by atoms with Crippen LogP contribution >= 0.6 is 0 Å². The number of allylic oxidation sites excluding steroid dienone is 2. The van der Waals surface area contributed by atoms with Gasteiger partial charge in [-0.25, -0.2) is 0 Å². The van der Waals surface area contributed by atoms with Crippen molar-refractivity contribution in [3.05, 3.63) is 11.6 Å². The lowest BCUT2D eigenvalue weighted by Crippen LogP contribution is -2.66. The second kappa shape index (κ2) is 15.1. The van der Waals surface area contributed by atoms with E-state index in [4.69, 9.17) is 23.7 Å². The summed E-state index contributed by atoms with van der Waals surface area (Å²) in [5.41, 5.74) is 0.613. The first kappa shape index (κ1) is 42.8. The predicted molar refractivity (Wildman–Crippen MR) is 207 cm³/mol. The number of fused-ring (bicyclic) bond motifs is 7. The fourth-order valence-corrected chi connectivity index (χ4v) is 13.8. The molecule has 1 heterocycles. The molecule has 4 saturated carbocycles. The first-order valence-corrected chi connectivity index (χ1v) is 21.3. The van der Waals surface area contributed by atoms with Gasteiger partial charge >= 0.3 is 23.9 Å². The Labute approximate surface area is 333 Å². The fourth-order valence-electron chi connectivity index (χ4n) is 13.8. The van der Waals surface area contributed by atoms with Crippen LogP contribution in [0.4, 0.5) is 0 Å². The monoisotopic (exact) mass is 784 g/mol. The Bertz CT molecular complexity index is 1620. The van der Waals surface area contributed by atoms with E-state index in [1.807, 2.05) is 0 Å². The molecule has 11 heteroatoms. The number of hydrogen-bond donors (Lipinski definition) is 1. The van der Waals surface area contributed by atoms with Gasteiger partial charge in [0.05, 0.1) is 6.10 Å². The molecule has 15 atom stereocenters. The lowest BCUT2D eigenvalue weighted by Gasteiger charge is -2.71. The van der Waals surface area contributed by atoms with Crippen LogP contribution in [0.5, 0.6) is 0 Å². The number of carbonyl (C=O) groups is 5. The van der Waals surface area contributed by atoms with Crippen molar-refractivity contribution >= 4 is 29.7 Å². The van der Waals surface area contributed by atoms with Crippen molar-refractivity contribution in [3.63, 3.8) is 0 Å². The zero-order chi connectivity index (χ0) is 41.3. The predicted octanol–water partition coefficient (Wildman–Crippen LogP) is 7.09. The molecule has 0 bridgehead atoms. The van der Waals surface area contributed by atoms with Gasteiger partial charge in [-0.1, -0.05) is 60.1 Å². The Hall–Kier alpha value is -2.79. The molecule has 6 rings (SSSR count). The van der Waals surface area contributed by atoms with Crippen molar-refractivity contribution in [2.45, 2.75) is 177 Å². The van der Waals surface area contributed by atoms with Crippen molar-refractivity contribution in [1.29, 1.82) is 0 Å². The average molecular weight is 785 g/mol. The molecule has 0 aromatic rings. The zero-order valence-corrected chi connectivity index (χ0v) is 35.7. The maximum Gasteiger partial charge on any atom is 0.303 e. The zero-order valence-electron chi connectivity index (χ0n) is 35.7. The highest BCUT2D eigenvalue weighted by atomic mass is 16.7. The smallest absolute Gasteiger partial charge is 0.303 e. The topological polar surface area (TPSA) is 152 Å². The summed E-state index contributed by atoms with van der Waals surface area (Å²) >= 11 is 0. The third-order valence-electron chi connectivity index (χ3n) is 17.0. The number of esters is 4. The molecule has 0 spiro atoms. The molecule has 0 radical (unpaired) electrons. The largest absolute Gasteiger partial charge is 0.463 e. The summed E-state index contributed by atoms with van der Waals surface area (Å²) in [7, 11) is 0. The van der Waals surface area contributed by atoms with Crippen LogP contribution in [0, 0.1) is 56.7 Å². The minimum atomic E-state index is -1.30. The molecule has 5 aliphatic carbocycles. The summed E-state index contributed by atoms with van der Waals surface area (Å²) in [5, 5.41) is 11.2. The van der Waals surface area contributed by atoms with Gasteiger partial charge in [-0.05, 0) is 109 Å². The van der Waals surface area contributed by atoms with E-state index in [1.165, 1.54) is 33.3 Å². The highest BCUT2D eigenvalue weighted by Crippen LogP contribution is 2.76. The Morgan fingerprint density at radius 1 is 0.732 bits per heavy atom. The molecule has 11 nitrogen and oxygen atoms in total. The summed E-state index contributed by atoms with van der Waals surface area (Å²) < 4.78 is 28.9. The molecular formula is C45H68O11. The number of aliphatic hydroxyl groups is 1. The third kappa shape index (κ3) is 6.86. The molecule has 56 heavy (non-hydrogen) atoms. The van der Waals surface area contributed by atoms with E-state index >= 15 is 4.79 Å². The number of carbonyl (C=O) groups excluding carboxylic acids is 5. The lowest BCUT2D eigenvalue weighted by molar-refractivity contribution is -0.253. The third-order valence-corrected chi connectivity index (χ3v) is 17.0. The molecule has 1 aliphatic heterocycles. The van der Waals surface area contributed by atoms with Gasteiger partial charge < -0.3 is 28.8 Å². The minimum Gasteiger partial charge on any atom is -0.463 e. The standard InChI is InChI=1S/C45H68O11/c1-24-14-19-45(36(51)22-31-38(53-27(4)47)40(55-29(6)49)39(54-28(5)48)32(56-31)23-52-26(3)46)21-20-43(10)30(37(45)25(24)2)12-13-34-42(9)17-16-35(50)41(7,8)33(42)15-18-44(34,43)11/h12,24-25,31-35,37-40,50H,13-23H2,1-11H3/t24-,25+,31-,32?,33?,34?,35+,37?,38-,39+,40?,42+,43-,44-,45-/m1/s1. The van der Waals surface area contributed by atoms with Gasteiger partial charge in [0.2, 0.25) is 0 Å². The van der Waals surface area contributed by atoms with E-state index in [0.29, 0.717) is 17.8 Å². The van der Waals surface area contributed by atoms with Crippen molar-refractivity contribution < 1.29 is 52.8 Å². The van der Waals surface area contributed by atoms with Crippen LogP contribution in [0.1, 0.15) is 140 Å². The van der Waals surface area contributed by atoms with Crippen molar-refractivity contribution in [1.82, 2.24) is 0 Å². The molecule has 1 saturated heterocycles. The number of rotatable bonds is 8. The summed E-state index contributed by atoms with van der Waals surface area (Å²) in [6.45, 7) is 21.2. The fraction of sp³-hybridized carbons (Fsp3) is 0.844. The van der Waals surface area contributed by atoms with Gasteiger partial charge in [-0.2, -0.15) is 0 Å². The highest BCUT2D eigenvalue weighted by molar-refractivity contribution is 5.87. The molecule has 0 aromatic carbocycles. The molecule has 1 N–H and O–H groups in total. The van der Waals surface area contributed by atoms with Gasteiger partial charge in [0, 0.05) is 39.5 Å². The molecule has 6 aliphatic rings. The SMILES string of the molecule is CC(=O)OCC1O[C@H](CC(=O)[C@]23CC[C@@H](C)[C@H](C)C2C2=CCC4[C@@]5(C)CC[C@H](O)C(C)(C)C5CC[C@@]4(C)[C@]2(C)CC3)[C@@H](OC(C)=O)C(OC(C)=O)[C@H]1OC(C)=O. The van der Waals surface area contributed by atoms with Crippen LogP contribution < -0.4 is 0 Å². The second-order valence-electron chi connectivity index (χ2n) is 20.0. The molecular weight excluding hydrogens is 716 g/mol. The molecule has 314 valence electrons. The Morgan fingerprint density at radius 2 is 1.34 bits per heavy atom. The van der Waals surface area contributed by atoms with E-state index in [9.17, 15) is 24.3 Å². The lowest BCUT2D eigenvalue weighted by atomic mass is 9.33. The first-order chi connectivity index (χ1) is 26.0. The van der Waals surface area contributed by atoms with Crippen molar-refractivity contribution in [3.8, 4) is 0 Å². The molecule has 0 amide bonds. The minimum absolute atomic E-state index is 0.0103. The number of Topliss-reactive ketones (excluding diaryl/α,β-unsaturated/α-hetero) is 1. The van der Waals surface area contributed by atoms with E-state index < -0.39 is 59.8 Å². The van der Waals surface area contributed by atoms with Crippen LogP contribution in [0.3, 0.4) is 0 Å². The number of ketones is 1. The van der Waals surface area contributed by atoms with Crippen LogP contribution in [0.15, 0.2) is 11.6 Å². The maximum absolute atomic E-state index is 15.4. The van der Waals surface area contributed by atoms with Gasteiger partial charge in [0.15, 0.2) is 18.3 Å². The van der Waals surface area contributed by atoms with E-state index in [-0.39, 0.29) is 58.4 Å². The van der Waals surface area contributed by atoms with Crippen LogP contribution in [0.2, 0.25) is 0 Å². The summed E-state index contributed by atoms with van der Waals surface area (Å²) in [5.74, 6) is -1.06. The van der Waals surface area contributed by atoms with Gasteiger partial charge in [0.1, 0.15) is 24.6 Å². The molecule has 0 aromatic heterocycles.